The fraction of sp³-hybridized carbons (Fsp3) is 0.250. The maximum Gasteiger partial charge on any atom is 0.258 e. The number of piperazine rings is 1. The molecule has 1 fully saturated rings. The number of hydrogen-bond donors (Lipinski definition) is 0. The molecule has 38 heavy (non-hydrogen) atoms. The van der Waals surface area contributed by atoms with Crippen molar-refractivity contribution in [3.05, 3.63) is 120 Å². The van der Waals surface area contributed by atoms with Crippen LogP contribution in [0.1, 0.15) is 22.8 Å². The smallest absolute Gasteiger partial charge is 0.258 e. The van der Waals surface area contributed by atoms with Gasteiger partial charge in [0.25, 0.3) is 11.8 Å². The lowest BCUT2D eigenvalue weighted by atomic mass is 10.0. The molecule has 0 aliphatic carbocycles. The number of benzene rings is 3. The predicted molar refractivity (Wildman–Crippen MR) is 151 cm³/mol. The maximum atomic E-state index is 12.0. The molecule has 2 amide bonds. The van der Waals surface area contributed by atoms with Gasteiger partial charge in [-0.25, -0.2) is 4.90 Å². The van der Waals surface area contributed by atoms with Crippen LogP contribution >= 0.6 is 0 Å². The Balaban J connectivity index is 1.14. The number of carbonyl (C=O) groups is 2. The van der Waals surface area contributed by atoms with Crippen LogP contribution in [0.3, 0.4) is 0 Å². The van der Waals surface area contributed by atoms with E-state index in [-0.39, 0.29) is 17.9 Å². The van der Waals surface area contributed by atoms with E-state index < -0.39 is 0 Å². The third-order valence-corrected chi connectivity index (χ3v) is 7.00. The van der Waals surface area contributed by atoms with E-state index in [4.69, 9.17) is 4.74 Å². The van der Waals surface area contributed by atoms with E-state index in [0.29, 0.717) is 12.3 Å². The van der Waals surface area contributed by atoms with Crippen molar-refractivity contribution in [3.63, 3.8) is 0 Å². The predicted octanol–water partition coefficient (Wildman–Crippen LogP) is 4.55. The zero-order valence-electron chi connectivity index (χ0n) is 21.5. The van der Waals surface area contributed by atoms with Crippen molar-refractivity contribution in [2.75, 3.05) is 50.8 Å². The Bertz CT molecular complexity index is 1250. The zero-order chi connectivity index (χ0) is 26.2. The second-order valence-corrected chi connectivity index (χ2v) is 9.55. The summed E-state index contributed by atoms with van der Waals surface area (Å²) in [7, 11) is 0. The minimum absolute atomic E-state index is 0.224. The molecule has 0 radical (unpaired) electrons. The van der Waals surface area contributed by atoms with Gasteiger partial charge in [0.15, 0.2) is 0 Å². The van der Waals surface area contributed by atoms with E-state index in [1.54, 1.807) is 0 Å². The van der Waals surface area contributed by atoms with E-state index in [2.05, 4.69) is 58.4 Å². The SMILES string of the molecule is O=C1C=CC(=O)N1c1ccc(C(OCCN2CCN(C/C=C/c3ccccc3)CC2)c2ccccc2)cc1. The van der Waals surface area contributed by atoms with Crippen LogP contribution in [0, 0.1) is 0 Å². The van der Waals surface area contributed by atoms with Gasteiger partial charge in [-0.2, -0.15) is 0 Å². The number of nitrogens with zero attached hydrogens (tertiary/aromatic N) is 3. The highest BCUT2D eigenvalue weighted by Crippen LogP contribution is 2.28. The number of amides is 2. The Morgan fingerprint density at radius 1 is 0.711 bits per heavy atom. The normalized spacial score (nSPS) is 17.5. The molecule has 3 aromatic rings. The fourth-order valence-corrected chi connectivity index (χ4v) is 4.86. The number of rotatable bonds is 10. The molecule has 1 saturated heterocycles. The Morgan fingerprint density at radius 2 is 1.29 bits per heavy atom. The lowest BCUT2D eigenvalue weighted by Gasteiger charge is -2.34. The molecule has 0 spiro atoms. The highest BCUT2D eigenvalue weighted by molar-refractivity contribution is 6.28. The van der Waals surface area contributed by atoms with Crippen LogP contribution in [0.4, 0.5) is 5.69 Å². The summed E-state index contributed by atoms with van der Waals surface area (Å²) in [5.41, 5.74) is 3.87. The molecular formula is C32H33N3O3. The molecule has 0 bridgehead atoms. The number of ether oxygens (including phenoxy) is 1. The topological polar surface area (TPSA) is 53.1 Å². The van der Waals surface area contributed by atoms with Crippen molar-refractivity contribution in [1.29, 1.82) is 0 Å². The van der Waals surface area contributed by atoms with Crippen LogP contribution in [0.5, 0.6) is 0 Å². The van der Waals surface area contributed by atoms with Crippen molar-refractivity contribution in [3.8, 4) is 0 Å². The largest absolute Gasteiger partial charge is 0.367 e. The van der Waals surface area contributed by atoms with E-state index in [9.17, 15) is 9.59 Å². The lowest BCUT2D eigenvalue weighted by molar-refractivity contribution is -0.119. The van der Waals surface area contributed by atoms with E-state index in [0.717, 1.165) is 50.4 Å². The summed E-state index contributed by atoms with van der Waals surface area (Å²) < 4.78 is 6.44. The fourth-order valence-electron chi connectivity index (χ4n) is 4.86. The third kappa shape index (κ3) is 6.53. The second-order valence-electron chi connectivity index (χ2n) is 9.55. The Morgan fingerprint density at radius 3 is 1.95 bits per heavy atom. The molecule has 6 heteroatoms. The minimum atomic E-state index is -0.314. The number of hydrogen-bond acceptors (Lipinski definition) is 5. The standard InChI is InChI=1S/C32H33N3O3/c36-30-17-18-31(37)35(30)29-15-13-28(14-16-29)32(27-11-5-2-6-12-27)38-25-24-34-22-20-33(21-23-34)19-7-10-26-8-3-1-4-9-26/h1-18,32H,19-25H2/b10-7+. The van der Waals surface area contributed by atoms with Gasteiger partial charge in [0, 0.05) is 51.4 Å². The molecule has 0 saturated carbocycles. The summed E-state index contributed by atoms with van der Waals surface area (Å²) in [4.78, 5) is 30.2. The van der Waals surface area contributed by atoms with Gasteiger partial charge < -0.3 is 4.74 Å². The van der Waals surface area contributed by atoms with Gasteiger partial charge in [0.1, 0.15) is 6.10 Å². The Kier molecular flexibility index (Phi) is 8.56. The van der Waals surface area contributed by atoms with Gasteiger partial charge in [0.05, 0.1) is 12.3 Å². The van der Waals surface area contributed by atoms with Gasteiger partial charge in [-0.15, -0.1) is 0 Å². The monoisotopic (exact) mass is 507 g/mol. The average Bonchev–Trinajstić information content (AvgIpc) is 3.30. The van der Waals surface area contributed by atoms with Crippen LogP contribution in [0.15, 0.2) is 103 Å². The van der Waals surface area contributed by atoms with Crippen molar-refractivity contribution >= 4 is 23.6 Å². The minimum Gasteiger partial charge on any atom is -0.367 e. The zero-order valence-corrected chi connectivity index (χ0v) is 21.5. The molecule has 3 aromatic carbocycles. The summed E-state index contributed by atoms with van der Waals surface area (Å²) in [6.45, 7) is 6.60. The first-order valence-electron chi connectivity index (χ1n) is 13.2. The van der Waals surface area contributed by atoms with Crippen molar-refractivity contribution in [2.45, 2.75) is 6.10 Å². The molecule has 2 aliphatic heterocycles. The number of anilines is 1. The first-order valence-corrected chi connectivity index (χ1v) is 13.2. The van der Waals surface area contributed by atoms with Crippen LogP contribution in [-0.4, -0.2) is 67.5 Å². The molecule has 1 atom stereocenters. The van der Waals surface area contributed by atoms with Gasteiger partial charge in [-0.3, -0.25) is 19.4 Å². The van der Waals surface area contributed by atoms with Crippen LogP contribution in [-0.2, 0) is 14.3 Å². The van der Waals surface area contributed by atoms with Crippen LogP contribution in [0.25, 0.3) is 6.08 Å². The van der Waals surface area contributed by atoms with Crippen molar-refractivity contribution in [2.24, 2.45) is 0 Å². The number of imide groups is 1. The Labute approximate surface area is 224 Å². The third-order valence-electron chi connectivity index (χ3n) is 7.00. The van der Waals surface area contributed by atoms with Crippen molar-refractivity contribution in [1.82, 2.24) is 9.80 Å². The van der Waals surface area contributed by atoms with E-state index >= 15 is 0 Å². The first-order chi connectivity index (χ1) is 18.7. The molecular weight excluding hydrogens is 474 g/mol. The molecule has 6 nitrogen and oxygen atoms in total. The summed E-state index contributed by atoms with van der Waals surface area (Å²) in [5, 5.41) is 0. The summed E-state index contributed by atoms with van der Waals surface area (Å²) in [5.74, 6) is -0.628. The molecule has 2 heterocycles. The van der Waals surface area contributed by atoms with Gasteiger partial charge in [0.2, 0.25) is 0 Å². The van der Waals surface area contributed by atoms with E-state index in [1.807, 2.05) is 48.5 Å². The average molecular weight is 508 g/mol. The summed E-state index contributed by atoms with van der Waals surface area (Å²) >= 11 is 0. The molecule has 0 aromatic heterocycles. The van der Waals surface area contributed by atoms with Crippen LogP contribution < -0.4 is 4.90 Å². The first kappa shape index (κ1) is 25.8. The molecule has 5 rings (SSSR count). The maximum absolute atomic E-state index is 12.0. The van der Waals surface area contributed by atoms with Crippen molar-refractivity contribution < 1.29 is 14.3 Å². The quantitative estimate of drug-likeness (QED) is 0.377. The van der Waals surface area contributed by atoms with Crippen LogP contribution in [0.2, 0.25) is 0 Å². The molecule has 1 unspecified atom stereocenters. The van der Waals surface area contributed by atoms with Gasteiger partial charge >= 0.3 is 0 Å². The molecule has 2 aliphatic rings. The van der Waals surface area contributed by atoms with E-state index in [1.165, 1.54) is 22.6 Å². The molecule has 194 valence electrons. The highest BCUT2D eigenvalue weighted by atomic mass is 16.5. The summed E-state index contributed by atoms with van der Waals surface area (Å²) in [6, 6.07) is 28.1. The second kappa shape index (κ2) is 12.6. The van der Waals surface area contributed by atoms with Gasteiger partial charge in [-0.05, 0) is 28.8 Å². The van der Waals surface area contributed by atoms with Gasteiger partial charge in [-0.1, -0.05) is 84.9 Å². The highest BCUT2D eigenvalue weighted by Gasteiger charge is 2.25. The summed E-state index contributed by atoms with van der Waals surface area (Å²) in [6.07, 6.45) is 6.81. The Hall–Kier alpha value is -3.84. The molecule has 0 N–H and O–H groups in total. The number of carbonyl (C=O) groups excluding carboxylic acids is 2. The lowest BCUT2D eigenvalue weighted by Crippen LogP contribution is -2.47.